The van der Waals surface area contributed by atoms with Crippen LogP contribution in [0.5, 0.6) is 0 Å². The number of benzene rings is 1. The fraction of sp³-hybridized carbons (Fsp3) is 0.683. The summed E-state index contributed by atoms with van der Waals surface area (Å²) in [4.78, 5) is 95.2. The quantitative estimate of drug-likeness (QED) is 0.144. The molecule has 0 radical (unpaired) electrons. The number of amides is 5. The zero-order valence-corrected chi connectivity index (χ0v) is 34.1. The molecular weight excluding hydrogens is 706 g/mol. The lowest BCUT2D eigenvalue weighted by Gasteiger charge is -2.38. The van der Waals surface area contributed by atoms with Gasteiger partial charge in [-0.1, -0.05) is 91.6 Å². The summed E-state index contributed by atoms with van der Waals surface area (Å²) >= 11 is 0. The molecule has 3 aliphatic rings. The molecule has 5 amide bonds. The first-order chi connectivity index (χ1) is 25.5. The fourth-order valence-electron chi connectivity index (χ4n) is 7.35. The maximum absolute atomic E-state index is 14.5. The molecular formula is C41H61N5O9. The number of fused-ring (bicyclic) bond motifs is 1. The number of likely N-dealkylation sites (tertiary alicyclic amines) is 1. The second-order valence-corrected chi connectivity index (χ2v) is 18.3. The lowest BCUT2D eigenvalue weighted by Crippen LogP contribution is -2.62. The molecule has 1 aromatic rings. The second kappa shape index (κ2) is 17.1. The highest BCUT2D eigenvalue weighted by Crippen LogP contribution is 2.65. The zero-order chi connectivity index (χ0) is 41.0. The molecule has 0 aromatic heterocycles. The molecule has 3 fully saturated rings. The van der Waals surface area contributed by atoms with Crippen LogP contribution in [-0.2, 0) is 44.8 Å². The van der Waals surface area contributed by atoms with E-state index in [0.717, 1.165) is 18.4 Å². The van der Waals surface area contributed by atoms with Crippen molar-refractivity contribution in [1.29, 1.82) is 0 Å². The van der Waals surface area contributed by atoms with Crippen LogP contribution in [-0.4, -0.2) is 89.2 Å². The number of esters is 2. The standard InChI is InChI=1S/C41H61N5O9/c1-23(2)30(37(52)54-22-25-14-12-11-13-15-25)44-38(53)45-33(39(3,4)5)36(51)46-21-26-29(41(26,9)10)31(46)34(49)43-27(20-24-16-17-24)32(48)35(50)42-19-18-28(47)55-40(6,7)8/h11-15,23-24,26-27,29-31,33H,16-22H2,1-10H3,(H,42,50)(H,43,49)(H2,44,45,53)/t26-,27-,29-,30-,31-,33+/m0/s1. The Labute approximate surface area is 325 Å². The van der Waals surface area contributed by atoms with Crippen molar-refractivity contribution in [3.8, 4) is 0 Å². The molecule has 1 heterocycles. The molecule has 0 spiro atoms. The average molecular weight is 768 g/mol. The van der Waals surface area contributed by atoms with Gasteiger partial charge in [0, 0.05) is 13.1 Å². The summed E-state index contributed by atoms with van der Waals surface area (Å²) in [5, 5.41) is 10.8. The van der Waals surface area contributed by atoms with Gasteiger partial charge in [0.05, 0.1) is 12.5 Å². The fourth-order valence-corrected chi connectivity index (χ4v) is 7.35. The molecule has 1 saturated heterocycles. The minimum Gasteiger partial charge on any atom is -0.460 e. The van der Waals surface area contributed by atoms with Gasteiger partial charge in [-0.3, -0.25) is 24.0 Å². The maximum Gasteiger partial charge on any atom is 0.329 e. The van der Waals surface area contributed by atoms with Crippen LogP contribution in [0.15, 0.2) is 30.3 Å². The first kappa shape index (κ1) is 43.2. The summed E-state index contributed by atoms with van der Waals surface area (Å²) in [5.74, 6) is -4.20. The predicted molar refractivity (Wildman–Crippen MR) is 204 cm³/mol. The van der Waals surface area contributed by atoms with Gasteiger partial charge in [-0.15, -0.1) is 0 Å². The van der Waals surface area contributed by atoms with E-state index in [1.807, 2.05) is 44.2 Å². The van der Waals surface area contributed by atoms with Crippen LogP contribution in [0.2, 0.25) is 0 Å². The van der Waals surface area contributed by atoms with E-state index in [1.165, 1.54) is 4.90 Å². The number of piperidine rings is 1. The molecule has 4 N–H and O–H groups in total. The zero-order valence-electron chi connectivity index (χ0n) is 34.1. The van der Waals surface area contributed by atoms with Crippen LogP contribution in [0.3, 0.4) is 0 Å². The van der Waals surface area contributed by atoms with Crippen molar-refractivity contribution in [1.82, 2.24) is 26.2 Å². The van der Waals surface area contributed by atoms with E-state index in [9.17, 15) is 33.6 Å². The number of hydrogen-bond acceptors (Lipinski definition) is 9. The third kappa shape index (κ3) is 11.5. The number of ketones is 1. The summed E-state index contributed by atoms with van der Waals surface area (Å²) in [6.07, 6.45) is 1.90. The van der Waals surface area contributed by atoms with E-state index < -0.39 is 76.7 Å². The van der Waals surface area contributed by atoms with Crippen LogP contribution in [0.25, 0.3) is 0 Å². The number of rotatable bonds is 16. The highest BCUT2D eigenvalue weighted by Gasteiger charge is 2.70. The molecule has 4 rings (SSSR count). The van der Waals surface area contributed by atoms with Crippen molar-refractivity contribution in [3.05, 3.63) is 35.9 Å². The normalized spacial score (nSPS) is 21.7. The molecule has 14 heteroatoms. The van der Waals surface area contributed by atoms with Gasteiger partial charge in [0.1, 0.15) is 30.3 Å². The van der Waals surface area contributed by atoms with Gasteiger partial charge in [-0.2, -0.15) is 0 Å². The highest BCUT2D eigenvalue weighted by molar-refractivity contribution is 6.38. The Hall–Kier alpha value is -4.49. The third-order valence-corrected chi connectivity index (χ3v) is 10.7. The summed E-state index contributed by atoms with van der Waals surface area (Å²) in [6.45, 7) is 18.4. The van der Waals surface area contributed by atoms with E-state index in [1.54, 1.807) is 55.4 Å². The van der Waals surface area contributed by atoms with Crippen molar-refractivity contribution in [2.24, 2.45) is 34.5 Å². The second-order valence-electron chi connectivity index (χ2n) is 18.3. The number of carbonyl (C=O) groups excluding carboxylic acids is 7. The first-order valence-electron chi connectivity index (χ1n) is 19.4. The average Bonchev–Trinajstić information content (AvgIpc) is 3.94. The minimum atomic E-state index is -1.11. The van der Waals surface area contributed by atoms with E-state index in [2.05, 4.69) is 21.3 Å². The van der Waals surface area contributed by atoms with Gasteiger partial charge >= 0.3 is 18.0 Å². The SMILES string of the molecule is CC(C)[C@H](NC(=O)N[C@H](C(=O)N1C[C@H]2[C@@H]([C@H]1C(=O)N[C@@H](CC1CC1)C(=O)C(=O)NCCC(=O)OC(C)(C)C)C2(C)C)C(C)(C)C)C(=O)OCc1ccccc1. The van der Waals surface area contributed by atoms with Gasteiger partial charge in [-0.05, 0) is 67.3 Å². The number of urea groups is 1. The molecule has 0 unspecified atom stereocenters. The third-order valence-electron chi connectivity index (χ3n) is 10.7. The molecule has 1 aliphatic heterocycles. The van der Waals surface area contributed by atoms with E-state index >= 15 is 0 Å². The minimum absolute atomic E-state index is 0.0140. The number of ether oxygens (including phenoxy) is 2. The lowest BCUT2D eigenvalue weighted by atomic mass is 9.85. The van der Waals surface area contributed by atoms with E-state index in [4.69, 9.17) is 9.47 Å². The Balaban J connectivity index is 1.45. The molecule has 2 saturated carbocycles. The van der Waals surface area contributed by atoms with Gasteiger partial charge in [-0.25, -0.2) is 9.59 Å². The Kier molecular flexibility index (Phi) is 13.5. The van der Waals surface area contributed by atoms with Crippen molar-refractivity contribution >= 4 is 41.5 Å². The summed E-state index contributed by atoms with van der Waals surface area (Å²) in [5.41, 5.74) is -0.943. The summed E-state index contributed by atoms with van der Waals surface area (Å²) in [7, 11) is 0. The number of Topliss-reactive ketones (excluding diaryl/α,β-unsaturated/α-hetero) is 1. The molecule has 55 heavy (non-hydrogen) atoms. The van der Waals surface area contributed by atoms with Crippen LogP contribution < -0.4 is 21.3 Å². The van der Waals surface area contributed by atoms with Gasteiger partial charge in [0.2, 0.25) is 17.6 Å². The predicted octanol–water partition coefficient (Wildman–Crippen LogP) is 3.65. The topological polar surface area (TPSA) is 189 Å². The van der Waals surface area contributed by atoms with Gasteiger partial charge < -0.3 is 35.6 Å². The van der Waals surface area contributed by atoms with Gasteiger partial charge in [0.15, 0.2) is 0 Å². The Morgan fingerprint density at radius 1 is 0.909 bits per heavy atom. The molecule has 0 bridgehead atoms. The van der Waals surface area contributed by atoms with Crippen LogP contribution in [0.4, 0.5) is 4.79 Å². The number of nitrogens with zero attached hydrogens (tertiary/aromatic N) is 1. The monoisotopic (exact) mass is 767 g/mol. The van der Waals surface area contributed by atoms with Crippen molar-refractivity contribution < 1.29 is 43.0 Å². The van der Waals surface area contributed by atoms with Crippen molar-refractivity contribution in [3.63, 3.8) is 0 Å². The first-order valence-corrected chi connectivity index (χ1v) is 19.4. The Bertz CT molecular complexity index is 1610. The smallest absolute Gasteiger partial charge is 0.329 e. The van der Waals surface area contributed by atoms with Crippen molar-refractivity contribution in [2.45, 2.75) is 131 Å². The Morgan fingerprint density at radius 3 is 2.11 bits per heavy atom. The molecule has 304 valence electrons. The molecule has 1 aromatic carbocycles. The van der Waals surface area contributed by atoms with Crippen LogP contribution >= 0.6 is 0 Å². The largest absolute Gasteiger partial charge is 0.460 e. The number of hydrogen-bond donors (Lipinski definition) is 4. The molecule has 2 aliphatic carbocycles. The van der Waals surface area contributed by atoms with E-state index in [-0.39, 0.29) is 61.6 Å². The Morgan fingerprint density at radius 2 is 1.55 bits per heavy atom. The van der Waals surface area contributed by atoms with Gasteiger partial charge in [0.25, 0.3) is 5.91 Å². The summed E-state index contributed by atoms with van der Waals surface area (Å²) < 4.78 is 10.8. The van der Waals surface area contributed by atoms with Crippen LogP contribution in [0, 0.1) is 34.5 Å². The molecule has 14 nitrogen and oxygen atoms in total. The highest BCUT2D eigenvalue weighted by atomic mass is 16.6. The number of carbonyl (C=O) groups is 7. The van der Waals surface area contributed by atoms with Crippen molar-refractivity contribution in [2.75, 3.05) is 13.1 Å². The lowest BCUT2D eigenvalue weighted by molar-refractivity contribution is -0.155. The summed E-state index contributed by atoms with van der Waals surface area (Å²) in [6, 6.07) is 4.31. The van der Waals surface area contributed by atoms with Crippen LogP contribution in [0.1, 0.15) is 100 Å². The van der Waals surface area contributed by atoms with E-state index in [0.29, 0.717) is 0 Å². The molecule has 6 atom stereocenters. The maximum atomic E-state index is 14.5. The number of nitrogens with one attached hydrogen (secondary N) is 4.